The minimum atomic E-state index is -0.573. The smallest absolute Gasteiger partial charge is 0.0768 e. The summed E-state index contributed by atoms with van der Waals surface area (Å²) >= 11 is 0. The Morgan fingerprint density at radius 2 is 0.967 bits per heavy atom. The second kappa shape index (κ2) is 8.30. The van der Waals surface area contributed by atoms with Crippen molar-refractivity contribution in [2.24, 2.45) is 0 Å². The van der Waals surface area contributed by atoms with Crippen molar-refractivity contribution >= 4 is 0 Å². The molecule has 1 N–H and O–H groups in total. The van der Waals surface area contributed by atoms with Crippen molar-refractivity contribution in [3.05, 3.63) is 107 Å². The van der Waals surface area contributed by atoms with Crippen molar-refractivity contribution in [3.8, 4) is 33.4 Å². The zero-order valence-electron chi connectivity index (χ0n) is 18.1. The maximum Gasteiger partial charge on any atom is 0.0768 e. The summed E-state index contributed by atoms with van der Waals surface area (Å²) in [4.78, 5) is 0. The molecule has 0 fully saturated rings. The molecule has 0 saturated carbocycles. The Balaban J connectivity index is 2.02. The monoisotopic (exact) mass is 392 g/mol. The molecule has 4 aromatic rings. The lowest BCUT2D eigenvalue weighted by atomic mass is 9.85. The SMILES string of the molecule is Cc1ccc(-c2cc(-c3ccc(C)cc3)c(-c3ccc(C)cc3)c([C@H](C)O)c2)cc1. The van der Waals surface area contributed by atoms with Crippen molar-refractivity contribution in [2.75, 3.05) is 0 Å². The molecule has 0 aliphatic heterocycles. The highest BCUT2D eigenvalue weighted by atomic mass is 16.3. The number of hydrogen-bond acceptors (Lipinski definition) is 1. The quantitative estimate of drug-likeness (QED) is 0.378. The number of aliphatic hydroxyl groups excluding tert-OH is 1. The molecule has 4 aromatic carbocycles. The summed E-state index contributed by atoms with van der Waals surface area (Å²) in [5.41, 5.74) is 11.5. The van der Waals surface area contributed by atoms with Crippen molar-refractivity contribution < 1.29 is 5.11 Å². The lowest BCUT2D eigenvalue weighted by Crippen LogP contribution is -1.99. The molecule has 0 aliphatic rings. The van der Waals surface area contributed by atoms with Gasteiger partial charge in [-0.15, -0.1) is 0 Å². The van der Waals surface area contributed by atoms with Crippen molar-refractivity contribution in [1.82, 2.24) is 0 Å². The Kier molecular flexibility index (Phi) is 5.57. The van der Waals surface area contributed by atoms with E-state index in [1.54, 1.807) is 0 Å². The highest BCUT2D eigenvalue weighted by molar-refractivity contribution is 5.89. The number of rotatable bonds is 4. The molecule has 30 heavy (non-hydrogen) atoms. The van der Waals surface area contributed by atoms with E-state index in [1.165, 1.54) is 16.7 Å². The van der Waals surface area contributed by atoms with Gasteiger partial charge in [0.2, 0.25) is 0 Å². The normalized spacial score (nSPS) is 12.0. The van der Waals surface area contributed by atoms with E-state index in [4.69, 9.17) is 0 Å². The van der Waals surface area contributed by atoms with Gasteiger partial charge in [0.25, 0.3) is 0 Å². The summed E-state index contributed by atoms with van der Waals surface area (Å²) in [7, 11) is 0. The van der Waals surface area contributed by atoms with Gasteiger partial charge in [-0.25, -0.2) is 0 Å². The summed E-state index contributed by atoms with van der Waals surface area (Å²) in [5, 5.41) is 10.8. The summed E-state index contributed by atoms with van der Waals surface area (Å²) in [6.07, 6.45) is -0.573. The minimum absolute atomic E-state index is 0.573. The van der Waals surface area contributed by atoms with E-state index in [1.807, 2.05) is 6.92 Å². The Hall–Kier alpha value is -3.16. The van der Waals surface area contributed by atoms with E-state index in [2.05, 4.69) is 106 Å². The molecule has 0 aromatic heterocycles. The fourth-order valence-corrected chi connectivity index (χ4v) is 3.91. The first kappa shape index (κ1) is 20.1. The van der Waals surface area contributed by atoms with E-state index in [-0.39, 0.29) is 0 Å². The molecule has 0 spiro atoms. The Labute approximate surface area is 179 Å². The van der Waals surface area contributed by atoms with Crippen LogP contribution in [0.2, 0.25) is 0 Å². The molecule has 0 aliphatic carbocycles. The van der Waals surface area contributed by atoms with Gasteiger partial charge in [-0.05, 0) is 78.8 Å². The van der Waals surface area contributed by atoms with Gasteiger partial charge >= 0.3 is 0 Å². The highest BCUT2D eigenvalue weighted by Gasteiger charge is 2.18. The van der Waals surface area contributed by atoms with E-state index in [9.17, 15) is 5.11 Å². The van der Waals surface area contributed by atoms with Crippen LogP contribution in [0.5, 0.6) is 0 Å². The third-order valence-electron chi connectivity index (χ3n) is 5.71. The molecule has 0 heterocycles. The van der Waals surface area contributed by atoms with Crippen LogP contribution in [-0.2, 0) is 0 Å². The molecule has 0 unspecified atom stereocenters. The van der Waals surface area contributed by atoms with Crippen molar-refractivity contribution in [3.63, 3.8) is 0 Å². The van der Waals surface area contributed by atoms with Crippen LogP contribution in [-0.4, -0.2) is 5.11 Å². The lowest BCUT2D eigenvalue weighted by Gasteiger charge is -2.20. The topological polar surface area (TPSA) is 20.2 Å². The number of hydrogen-bond donors (Lipinski definition) is 1. The number of benzene rings is 4. The molecule has 0 bridgehead atoms. The van der Waals surface area contributed by atoms with Crippen molar-refractivity contribution in [1.29, 1.82) is 0 Å². The average Bonchev–Trinajstić information content (AvgIpc) is 2.74. The summed E-state index contributed by atoms with van der Waals surface area (Å²) < 4.78 is 0. The van der Waals surface area contributed by atoms with Gasteiger partial charge in [0.15, 0.2) is 0 Å². The van der Waals surface area contributed by atoms with Gasteiger partial charge in [-0.3, -0.25) is 0 Å². The first-order valence-corrected chi connectivity index (χ1v) is 10.5. The van der Waals surface area contributed by atoms with E-state index in [0.717, 1.165) is 38.9 Å². The zero-order chi connectivity index (χ0) is 21.3. The second-order valence-corrected chi connectivity index (χ2v) is 8.26. The fourth-order valence-electron chi connectivity index (χ4n) is 3.91. The van der Waals surface area contributed by atoms with Crippen LogP contribution in [0.4, 0.5) is 0 Å². The predicted octanol–water partition coefficient (Wildman–Crippen LogP) is 7.67. The molecule has 1 atom stereocenters. The summed E-state index contributed by atoms with van der Waals surface area (Å²) in [5.74, 6) is 0. The van der Waals surface area contributed by atoms with Crippen LogP contribution in [0.3, 0.4) is 0 Å². The molecular formula is C29H28O. The lowest BCUT2D eigenvalue weighted by molar-refractivity contribution is 0.200. The van der Waals surface area contributed by atoms with Crippen LogP contribution in [0, 0.1) is 20.8 Å². The summed E-state index contributed by atoms with van der Waals surface area (Å²) in [6, 6.07) is 30.2. The largest absolute Gasteiger partial charge is 0.389 e. The van der Waals surface area contributed by atoms with Crippen LogP contribution >= 0.6 is 0 Å². The molecule has 1 nitrogen and oxygen atoms in total. The first-order chi connectivity index (χ1) is 14.4. The zero-order valence-corrected chi connectivity index (χ0v) is 18.1. The fraction of sp³-hybridized carbons (Fsp3) is 0.172. The highest BCUT2D eigenvalue weighted by Crippen LogP contribution is 2.41. The Morgan fingerprint density at radius 3 is 1.43 bits per heavy atom. The maximum absolute atomic E-state index is 10.8. The molecule has 0 radical (unpaired) electrons. The van der Waals surface area contributed by atoms with Gasteiger partial charge < -0.3 is 5.11 Å². The van der Waals surface area contributed by atoms with E-state index < -0.39 is 6.10 Å². The van der Waals surface area contributed by atoms with Crippen LogP contribution < -0.4 is 0 Å². The van der Waals surface area contributed by atoms with Gasteiger partial charge in [-0.2, -0.15) is 0 Å². The summed E-state index contributed by atoms with van der Waals surface area (Å²) in [6.45, 7) is 8.16. The predicted molar refractivity (Wildman–Crippen MR) is 128 cm³/mol. The minimum Gasteiger partial charge on any atom is -0.389 e. The maximum atomic E-state index is 10.8. The molecule has 150 valence electrons. The standard InChI is InChI=1S/C29H28O/c1-19-5-11-23(12-6-19)26-17-27(22(4)30)29(25-15-9-21(3)10-16-25)28(18-26)24-13-7-20(2)8-14-24/h5-18,22,30H,1-4H3/t22-/m0/s1. The molecule has 4 rings (SSSR count). The van der Waals surface area contributed by atoms with Crippen LogP contribution in [0.15, 0.2) is 84.9 Å². The van der Waals surface area contributed by atoms with Crippen LogP contribution in [0.25, 0.3) is 33.4 Å². The molecule has 0 saturated heterocycles. The Morgan fingerprint density at radius 1 is 0.533 bits per heavy atom. The molecular weight excluding hydrogens is 364 g/mol. The first-order valence-electron chi connectivity index (χ1n) is 10.5. The third kappa shape index (κ3) is 4.08. The van der Waals surface area contributed by atoms with Gasteiger partial charge in [0.05, 0.1) is 6.10 Å². The third-order valence-corrected chi connectivity index (χ3v) is 5.71. The molecule has 1 heteroatoms. The number of aryl methyl sites for hydroxylation is 3. The van der Waals surface area contributed by atoms with E-state index >= 15 is 0 Å². The van der Waals surface area contributed by atoms with Gasteiger partial charge in [0.1, 0.15) is 0 Å². The van der Waals surface area contributed by atoms with Crippen molar-refractivity contribution in [2.45, 2.75) is 33.8 Å². The van der Waals surface area contributed by atoms with Gasteiger partial charge in [-0.1, -0.05) is 89.5 Å². The van der Waals surface area contributed by atoms with Gasteiger partial charge in [0, 0.05) is 0 Å². The molecule has 0 amide bonds. The Bertz CT molecular complexity index is 1150. The van der Waals surface area contributed by atoms with E-state index in [0.29, 0.717) is 0 Å². The average molecular weight is 393 g/mol. The van der Waals surface area contributed by atoms with Crippen LogP contribution in [0.1, 0.15) is 35.3 Å². The second-order valence-electron chi connectivity index (χ2n) is 8.26. The number of aliphatic hydroxyl groups is 1.